The Hall–Kier alpha value is -0.810. The van der Waals surface area contributed by atoms with Gasteiger partial charge in [0.25, 0.3) is 0 Å². The van der Waals surface area contributed by atoms with Crippen LogP contribution in [0.1, 0.15) is 0 Å². The molecule has 1 heterocycles. The van der Waals surface area contributed by atoms with E-state index in [-0.39, 0.29) is 6.09 Å². The molecule has 0 bridgehead atoms. The number of nitrogens with one attached hydrogen (secondary N) is 2. The normalized spacial score (nSPS) is 18.2. The molecule has 0 radical (unpaired) electrons. The third-order valence-electron chi connectivity index (χ3n) is 2.09. The summed E-state index contributed by atoms with van der Waals surface area (Å²) in [5, 5.41) is 5.93. The molecule has 1 amide bonds. The molecule has 0 aromatic rings. The van der Waals surface area contributed by atoms with Gasteiger partial charge in [0.05, 0.1) is 7.11 Å². The minimum absolute atomic E-state index is 0.352. The molecule has 5 heteroatoms. The van der Waals surface area contributed by atoms with Crippen LogP contribution in [-0.2, 0) is 4.74 Å². The molecule has 1 saturated heterocycles. The Morgan fingerprint density at radius 3 is 2.85 bits per heavy atom. The highest BCUT2D eigenvalue weighted by molar-refractivity contribution is 5.66. The Labute approximate surface area is 78.4 Å². The second-order valence-electron chi connectivity index (χ2n) is 3.01. The Morgan fingerprint density at radius 2 is 2.23 bits per heavy atom. The molecule has 1 aliphatic rings. The van der Waals surface area contributed by atoms with Crippen molar-refractivity contribution in [3.8, 4) is 0 Å². The van der Waals surface area contributed by atoms with Crippen LogP contribution in [0.4, 0.5) is 4.79 Å². The molecule has 76 valence electrons. The summed E-state index contributed by atoms with van der Waals surface area (Å²) in [4.78, 5) is 13.0. The zero-order valence-corrected chi connectivity index (χ0v) is 8.01. The lowest BCUT2D eigenvalue weighted by Gasteiger charge is -2.26. The van der Waals surface area contributed by atoms with Crippen molar-refractivity contribution in [2.75, 3.05) is 46.4 Å². The van der Waals surface area contributed by atoms with Gasteiger partial charge in [0, 0.05) is 39.3 Å². The number of ether oxygens (including phenoxy) is 1. The van der Waals surface area contributed by atoms with Gasteiger partial charge in [0.1, 0.15) is 0 Å². The lowest BCUT2D eigenvalue weighted by atomic mass is 10.3. The molecule has 13 heavy (non-hydrogen) atoms. The fourth-order valence-electron chi connectivity index (χ4n) is 1.32. The van der Waals surface area contributed by atoms with Crippen molar-refractivity contribution in [3.05, 3.63) is 0 Å². The Morgan fingerprint density at radius 1 is 1.54 bits per heavy atom. The molecule has 5 nitrogen and oxygen atoms in total. The number of alkyl carbamates (subject to hydrolysis) is 1. The van der Waals surface area contributed by atoms with Crippen molar-refractivity contribution in [2.24, 2.45) is 0 Å². The van der Waals surface area contributed by atoms with Crippen LogP contribution in [0.15, 0.2) is 0 Å². The summed E-state index contributed by atoms with van der Waals surface area (Å²) in [6.07, 6.45) is -0.352. The zero-order chi connectivity index (χ0) is 9.52. The van der Waals surface area contributed by atoms with Gasteiger partial charge >= 0.3 is 6.09 Å². The SMILES string of the molecule is COC(=O)NCCN1CCNCC1. The fourth-order valence-corrected chi connectivity index (χ4v) is 1.32. The number of hydrogen-bond donors (Lipinski definition) is 2. The average Bonchev–Trinajstić information content (AvgIpc) is 2.19. The molecule has 1 rings (SSSR count). The van der Waals surface area contributed by atoms with E-state index in [1.807, 2.05) is 0 Å². The van der Waals surface area contributed by atoms with Crippen molar-refractivity contribution < 1.29 is 9.53 Å². The van der Waals surface area contributed by atoms with E-state index < -0.39 is 0 Å². The summed E-state index contributed by atoms with van der Waals surface area (Å²) in [5.41, 5.74) is 0. The molecule has 2 N–H and O–H groups in total. The highest BCUT2D eigenvalue weighted by atomic mass is 16.5. The molecule has 0 saturated carbocycles. The van der Waals surface area contributed by atoms with Gasteiger partial charge in [0.15, 0.2) is 0 Å². The van der Waals surface area contributed by atoms with Crippen LogP contribution in [0.2, 0.25) is 0 Å². The van der Waals surface area contributed by atoms with Gasteiger partial charge in [-0.3, -0.25) is 4.90 Å². The van der Waals surface area contributed by atoms with Gasteiger partial charge in [-0.2, -0.15) is 0 Å². The Bertz CT molecular complexity index is 157. The fraction of sp³-hybridized carbons (Fsp3) is 0.875. The lowest BCUT2D eigenvalue weighted by molar-refractivity contribution is 0.167. The van der Waals surface area contributed by atoms with Gasteiger partial charge in [0.2, 0.25) is 0 Å². The molecule has 0 aromatic heterocycles. The first-order valence-corrected chi connectivity index (χ1v) is 4.58. The quantitative estimate of drug-likeness (QED) is 0.610. The van der Waals surface area contributed by atoms with E-state index in [1.165, 1.54) is 7.11 Å². The molecule has 1 fully saturated rings. The maximum atomic E-state index is 10.7. The largest absolute Gasteiger partial charge is 0.453 e. The number of carbonyl (C=O) groups is 1. The summed E-state index contributed by atoms with van der Waals surface area (Å²) in [6, 6.07) is 0. The lowest BCUT2D eigenvalue weighted by Crippen LogP contribution is -2.46. The van der Waals surface area contributed by atoms with Gasteiger partial charge < -0.3 is 15.4 Å². The summed E-state index contributed by atoms with van der Waals surface area (Å²) < 4.78 is 4.46. The van der Waals surface area contributed by atoms with E-state index in [1.54, 1.807) is 0 Å². The number of nitrogens with zero attached hydrogens (tertiary/aromatic N) is 1. The smallest absolute Gasteiger partial charge is 0.406 e. The van der Waals surface area contributed by atoms with Crippen LogP contribution >= 0.6 is 0 Å². The summed E-state index contributed by atoms with van der Waals surface area (Å²) in [6.45, 7) is 5.76. The molecule has 0 atom stereocenters. The minimum Gasteiger partial charge on any atom is -0.453 e. The molecule has 0 spiro atoms. The predicted molar refractivity (Wildman–Crippen MR) is 49.7 cm³/mol. The Balaban J connectivity index is 2.01. The molecule has 0 unspecified atom stereocenters. The number of piperazine rings is 1. The average molecular weight is 187 g/mol. The van der Waals surface area contributed by atoms with Crippen molar-refractivity contribution in [1.82, 2.24) is 15.5 Å². The van der Waals surface area contributed by atoms with E-state index in [2.05, 4.69) is 20.3 Å². The van der Waals surface area contributed by atoms with Crippen molar-refractivity contribution in [2.45, 2.75) is 0 Å². The summed E-state index contributed by atoms with van der Waals surface area (Å²) in [5.74, 6) is 0. The molecule has 0 aliphatic carbocycles. The maximum Gasteiger partial charge on any atom is 0.406 e. The number of amides is 1. The second kappa shape index (κ2) is 5.77. The standard InChI is InChI=1S/C8H17N3O2/c1-13-8(12)10-4-7-11-5-2-9-3-6-11/h9H,2-7H2,1H3,(H,10,12). The molecule has 0 aromatic carbocycles. The summed E-state index contributed by atoms with van der Waals surface area (Å²) >= 11 is 0. The van der Waals surface area contributed by atoms with Gasteiger partial charge in [-0.05, 0) is 0 Å². The third kappa shape index (κ3) is 4.10. The third-order valence-corrected chi connectivity index (χ3v) is 2.09. The van der Waals surface area contributed by atoms with Crippen LogP contribution < -0.4 is 10.6 Å². The van der Waals surface area contributed by atoms with Crippen LogP contribution in [0, 0.1) is 0 Å². The van der Waals surface area contributed by atoms with E-state index in [0.717, 1.165) is 32.7 Å². The predicted octanol–water partition coefficient (Wildman–Crippen LogP) is -0.752. The van der Waals surface area contributed by atoms with Crippen LogP contribution in [0.25, 0.3) is 0 Å². The molecular formula is C8H17N3O2. The number of methoxy groups -OCH3 is 1. The Kier molecular flexibility index (Phi) is 4.56. The minimum atomic E-state index is -0.352. The number of carbonyl (C=O) groups excluding carboxylic acids is 1. The van der Waals surface area contributed by atoms with Crippen molar-refractivity contribution in [1.29, 1.82) is 0 Å². The molecule has 1 aliphatic heterocycles. The second-order valence-corrected chi connectivity index (χ2v) is 3.01. The van der Waals surface area contributed by atoms with E-state index in [0.29, 0.717) is 6.54 Å². The monoisotopic (exact) mass is 187 g/mol. The first-order chi connectivity index (χ1) is 6.33. The van der Waals surface area contributed by atoms with Crippen molar-refractivity contribution >= 4 is 6.09 Å². The van der Waals surface area contributed by atoms with Crippen LogP contribution in [0.3, 0.4) is 0 Å². The highest BCUT2D eigenvalue weighted by Gasteiger charge is 2.08. The van der Waals surface area contributed by atoms with E-state index >= 15 is 0 Å². The number of hydrogen-bond acceptors (Lipinski definition) is 4. The van der Waals surface area contributed by atoms with Gasteiger partial charge in [-0.1, -0.05) is 0 Å². The first-order valence-electron chi connectivity index (χ1n) is 4.58. The topological polar surface area (TPSA) is 53.6 Å². The van der Waals surface area contributed by atoms with Crippen LogP contribution in [-0.4, -0.2) is 57.4 Å². The van der Waals surface area contributed by atoms with E-state index in [9.17, 15) is 4.79 Å². The van der Waals surface area contributed by atoms with Gasteiger partial charge in [-0.15, -0.1) is 0 Å². The number of rotatable bonds is 3. The summed E-state index contributed by atoms with van der Waals surface area (Å²) in [7, 11) is 1.38. The highest BCUT2D eigenvalue weighted by Crippen LogP contribution is 1.89. The first kappa shape index (κ1) is 10.3. The van der Waals surface area contributed by atoms with Crippen LogP contribution in [0.5, 0.6) is 0 Å². The molecular weight excluding hydrogens is 170 g/mol. The maximum absolute atomic E-state index is 10.7. The van der Waals surface area contributed by atoms with Gasteiger partial charge in [-0.25, -0.2) is 4.79 Å². The van der Waals surface area contributed by atoms with E-state index in [4.69, 9.17) is 0 Å². The van der Waals surface area contributed by atoms with Crippen molar-refractivity contribution in [3.63, 3.8) is 0 Å². The zero-order valence-electron chi connectivity index (χ0n) is 8.01.